The Morgan fingerprint density at radius 3 is 2.29 bits per heavy atom. The highest BCUT2D eigenvalue weighted by atomic mass is 16.5. The van der Waals surface area contributed by atoms with Gasteiger partial charge in [-0.1, -0.05) is 12.1 Å². The standard InChI is InChI=1S/C24H26N4O3/c1-17-20(16-25-23(26-17)18-8-10-19(30-2)11-9-18)24(29)28-14-12-27(13-15-28)21-6-4-5-7-22(21)31-3/h4-11,16H,12-15H2,1-3H3. The summed E-state index contributed by atoms with van der Waals surface area (Å²) >= 11 is 0. The lowest BCUT2D eigenvalue weighted by Gasteiger charge is -2.36. The number of methoxy groups -OCH3 is 2. The third kappa shape index (κ3) is 4.30. The van der Waals surface area contributed by atoms with Crippen LogP contribution in [0, 0.1) is 6.92 Å². The van der Waals surface area contributed by atoms with Crippen LogP contribution in [0.4, 0.5) is 5.69 Å². The molecule has 0 N–H and O–H groups in total. The lowest BCUT2D eigenvalue weighted by atomic mass is 10.1. The fraction of sp³-hybridized carbons (Fsp3) is 0.292. The predicted molar refractivity (Wildman–Crippen MR) is 120 cm³/mol. The first-order valence-corrected chi connectivity index (χ1v) is 10.3. The van der Waals surface area contributed by atoms with Crippen LogP contribution in [0.3, 0.4) is 0 Å². The first-order chi connectivity index (χ1) is 15.1. The van der Waals surface area contributed by atoms with E-state index in [0.717, 1.165) is 35.8 Å². The van der Waals surface area contributed by atoms with Crippen LogP contribution in [-0.4, -0.2) is 61.2 Å². The predicted octanol–water partition coefficient (Wildman–Crippen LogP) is 3.43. The van der Waals surface area contributed by atoms with E-state index in [-0.39, 0.29) is 5.91 Å². The molecule has 2 heterocycles. The van der Waals surface area contributed by atoms with Gasteiger partial charge in [0.15, 0.2) is 5.82 Å². The van der Waals surface area contributed by atoms with Gasteiger partial charge in [0, 0.05) is 37.9 Å². The van der Waals surface area contributed by atoms with Crippen molar-refractivity contribution in [2.45, 2.75) is 6.92 Å². The summed E-state index contributed by atoms with van der Waals surface area (Å²) in [5.74, 6) is 2.19. The van der Waals surface area contributed by atoms with Gasteiger partial charge < -0.3 is 19.3 Å². The molecule has 7 heteroatoms. The van der Waals surface area contributed by atoms with Gasteiger partial charge >= 0.3 is 0 Å². The molecule has 7 nitrogen and oxygen atoms in total. The summed E-state index contributed by atoms with van der Waals surface area (Å²) in [6.45, 7) is 4.62. The van der Waals surface area contributed by atoms with Crippen LogP contribution in [0.5, 0.6) is 11.5 Å². The summed E-state index contributed by atoms with van der Waals surface area (Å²) in [6.07, 6.45) is 1.64. The molecule has 1 aromatic heterocycles. The summed E-state index contributed by atoms with van der Waals surface area (Å²) < 4.78 is 10.7. The summed E-state index contributed by atoms with van der Waals surface area (Å²) in [6, 6.07) is 15.5. The second-order valence-corrected chi connectivity index (χ2v) is 7.37. The van der Waals surface area contributed by atoms with Crippen molar-refractivity contribution in [1.82, 2.24) is 14.9 Å². The van der Waals surface area contributed by atoms with E-state index in [1.807, 2.05) is 60.4 Å². The molecule has 1 saturated heterocycles. The molecule has 0 bridgehead atoms. The van der Waals surface area contributed by atoms with Crippen molar-refractivity contribution in [2.75, 3.05) is 45.3 Å². The van der Waals surface area contributed by atoms with Crippen LogP contribution in [-0.2, 0) is 0 Å². The third-order valence-electron chi connectivity index (χ3n) is 5.55. The smallest absolute Gasteiger partial charge is 0.257 e. The van der Waals surface area contributed by atoms with E-state index in [1.54, 1.807) is 20.4 Å². The molecule has 3 aromatic rings. The van der Waals surface area contributed by atoms with Crippen molar-refractivity contribution < 1.29 is 14.3 Å². The quantitative estimate of drug-likeness (QED) is 0.632. The average Bonchev–Trinajstić information content (AvgIpc) is 2.83. The average molecular weight is 418 g/mol. The van der Waals surface area contributed by atoms with Crippen molar-refractivity contribution in [3.63, 3.8) is 0 Å². The molecule has 1 aliphatic rings. The van der Waals surface area contributed by atoms with Crippen molar-refractivity contribution in [3.05, 3.63) is 66.0 Å². The number of aryl methyl sites for hydroxylation is 1. The summed E-state index contributed by atoms with van der Waals surface area (Å²) in [7, 11) is 3.31. The van der Waals surface area contributed by atoms with Gasteiger partial charge in [-0.2, -0.15) is 0 Å². The minimum absolute atomic E-state index is 0.0292. The SMILES string of the molecule is COc1ccc(-c2ncc(C(=O)N3CCN(c4ccccc4OC)CC3)c(C)n2)cc1. The molecule has 0 aliphatic carbocycles. The van der Waals surface area contributed by atoms with Gasteiger partial charge in [-0.3, -0.25) is 4.79 Å². The normalized spacial score (nSPS) is 13.8. The maximum atomic E-state index is 13.1. The zero-order chi connectivity index (χ0) is 21.8. The second kappa shape index (κ2) is 9.04. The van der Waals surface area contributed by atoms with Crippen LogP contribution < -0.4 is 14.4 Å². The summed E-state index contributed by atoms with van der Waals surface area (Å²) in [5, 5.41) is 0. The van der Waals surface area contributed by atoms with Gasteiger partial charge in [-0.15, -0.1) is 0 Å². The monoisotopic (exact) mass is 418 g/mol. The number of carbonyl (C=O) groups is 1. The van der Waals surface area contributed by atoms with Crippen LogP contribution in [0.2, 0.25) is 0 Å². The molecule has 0 atom stereocenters. The van der Waals surface area contributed by atoms with E-state index < -0.39 is 0 Å². The highest BCUT2D eigenvalue weighted by Gasteiger charge is 2.25. The van der Waals surface area contributed by atoms with Gasteiger partial charge in [0.25, 0.3) is 5.91 Å². The van der Waals surface area contributed by atoms with Crippen LogP contribution >= 0.6 is 0 Å². The van der Waals surface area contributed by atoms with Gasteiger partial charge in [-0.05, 0) is 43.3 Å². The van der Waals surface area contributed by atoms with Crippen molar-refractivity contribution in [3.8, 4) is 22.9 Å². The Bertz CT molecular complexity index is 1060. The largest absolute Gasteiger partial charge is 0.497 e. The molecule has 160 valence electrons. The molecular weight excluding hydrogens is 392 g/mol. The maximum absolute atomic E-state index is 13.1. The number of piperazine rings is 1. The van der Waals surface area contributed by atoms with Gasteiger partial charge in [0.05, 0.1) is 31.2 Å². The Balaban J connectivity index is 1.45. The molecular formula is C24H26N4O3. The molecule has 0 saturated carbocycles. The highest BCUT2D eigenvalue weighted by molar-refractivity contribution is 5.95. The number of anilines is 1. The number of para-hydroxylation sites is 2. The highest BCUT2D eigenvalue weighted by Crippen LogP contribution is 2.28. The summed E-state index contributed by atoms with van der Waals surface area (Å²) in [5.41, 5.74) is 3.16. The molecule has 4 rings (SSSR count). The number of carbonyl (C=O) groups excluding carboxylic acids is 1. The number of hydrogen-bond donors (Lipinski definition) is 0. The van der Waals surface area contributed by atoms with E-state index in [4.69, 9.17) is 9.47 Å². The molecule has 1 aliphatic heterocycles. The lowest BCUT2D eigenvalue weighted by Crippen LogP contribution is -2.49. The third-order valence-corrected chi connectivity index (χ3v) is 5.55. The Morgan fingerprint density at radius 2 is 1.65 bits per heavy atom. The molecule has 1 fully saturated rings. The number of hydrogen-bond acceptors (Lipinski definition) is 6. The number of amides is 1. The lowest BCUT2D eigenvalue weighted by molar-refractivity contribution is 0.0745. The van der Waals surface area contributed by atoms with Gasteiger partial charge in [0.2, 0.25) is 0 Å². The molecule has 1 amide bonds. The van der Waals surface area contributed by atoms with E-state index in [9.17, 15) is 4.79 Å². The van der Waals surface area contributed by atoms with Crippen LogP contribution in [0.1, 0.15) is 16.1 Å². The molecule has 0 radical (unpaired) electrons. The fourth-order valence-electron chi connectivity index (χ4n) is 3.77. The topological polar surface area (TPSA) is 67.8 Å². The van der Waals surface area contributed by atoms with Crippen LogP contribution in [0.25, 0.3) is 11.4 Å². The number of nitrogens with zero attached hydrogens (tertiary/aromatic N) is 4. The molecule has 2 aromatic carbocycles. The maximum Gasteiger partial charge on any atom is 0.257 e. The Morgan fingerprint density at radius 1 is 0.935 bits per heavy atom. The zero-order valence-electron chi connectivity index (χ0n) is 18.0. The Kier molecular flexibility index (Phi) is 6.02. The first-order valence-electron chi connectivity index (χ1n) is 10.3. The van der Waals surface area contributed by atoms with Gasteiger partial charge in [-0.25, -0.2) is 9.97 Å². The van der Waals surface area contributed by atoms with E-state index >= 15 is 0 Å². The fourth-order valence-corrected chi connectivity index (χ4v) is 3.77. The Hall–Kier alpha value is -3.61. The van der Waals surface area contributed by atoms with Crippen LogP contribution in [0.15, 0.2) is 54.7 Å². The van der Waals surface area contributed by atoms with Gasteiger partial charge in [0.1, 0.15) is 11.5 Å². The number of rotatable bonds is 5. The van der Waals surface area contributed by atoms with Crippen molar-refractivity contribution >= 4 is 11.6 Å². The van der Waals surface area contributed by atoms with Crippen molar-refractivity contribution in [1.29, 1.82) is 0 Å². The first kappa shape index (κ1) is 20.7. The molecule has 0 unspecified atom stereocenters. The minimum atomic E-state index is -0.0292. The second-order valence-electron chi connectivity index (χ2n) is 7.37. The minimum Gasteiger partial charge on any atom is -0.497 e. The summed E-state index contributed by atoms with van der Waals surface area (Å²) in [4.78, 5) is 26.2. The zero-order valence-corrected chi connectivity index (χ0v) is 18.0. The van der Waals surface area contributed by atoms with E-state index in [0.29, 0.717) is 30.2 Å². The molecule has 0 spiro atoms. The number of aromatic nitrogens is 2. The van der Waals surface area contributed by atoms with E-state index in [1.165, 1.54) is 0 Å². The van der Waals surface area contributed by atoms with E-state index in [2.05, 4.69) is 14.9 Å². The number of ether oxygens (including phenoxy) is 2. The Labute approximate surface area is 182 Å². The van der Waals surface area contributed by atoms with Crippen molar-refractivity contribution in [2.24, 2.45) is 0 Å². The number of benzene rings is 2. The molecule has 31 heavy (non-hydrogen) atoms.